The predicted molar refractivity (Wildman–Crippen MR) is 104 cm³/mol. The molecule has 0 spiro atoms. The van der Waals surface area contributed by atoms with E-state index < -0.39 is 16.7 Å². The number of hydrogen-bond donors (Lipinski definition) is 1. The van der Waals surface area contributed by atoms with Crippen molar-refractivity contribution < 1.29 is 24.0 Å². The SMILES string of the molecule is COC1=CC=C(OC)C2C=C(CCNC(=O)c3cccc([N+](=O)[O-])c3)C(=O)N=C12. The van der Waals surface area contributed by atoms with E-state index in [9.17, 15) is 19.7 Å². The van der Waals surface area contributed by atoms with Gasteiger partial charge in [-0.05, 0) is 24.6 Å². The molecule has 3 rings (SSSR count). The number of rotatable bonds is 7. The number of nitro benzene ring substituents is 1. The van der Waals surface area contributed by atoms with Gasteiger partial charge in [0.25, 0.3) is 17.5 Å². The van der Waals surface area contributed by atoms with Gasteiger partial charge in [0.2, 0.25) is 0 Å². The Morgan fingerprint density at radius 3 is 2.76 bits per heavy atom. The van der Waals surface area contributed by atoms with E-state index in [1.54, 1.807) is 18.2 Å². The number of non-ortho nitro benzene ring substituents is 1. The second-order valence-corrected chi connectivity index (χ2v) is 6.29. The van der Waals surface area contributed by atoms with Crippen molar-refractivity contribution in [3.8, 4) is 0 Å². The molecular formula is C20H19N3O6. The average molecular weight is 397 g/mol. The minimum Gasteiger partial charge on any atom is -0.500 e. The van der Waals surface area contributed by atoms with Crippen molar-refractivity contribution in [1.29, 1.82) is 0 Å². The molecule has 9 heteroatoms. The average Bonchev–Trinajstić information content (AvgIpc) is 2.73. The lowest BCUT2D eigenvalue weighted by atomic mass is 9.89. The molecule has 0 aromatic heterocycles. The Morgan fingerprint density at radius 1 is 1.28 bits per heavy atom. The summed E-state index contributed by atoms with van der Waals surface area (Å²) in [6.45, 7) is 0.176. The van der Waals surface area contributed by atoms with Crippen molar-refractivity contribution in [3.05, 3.63) is 75.3 Å². The van der Waals surface area contributed by atoms with E-state index in [2.05, 4.69) is 10.3 Å². The molecule has 0 fully saturated rings. The van der Waals surface area contributed by atoms with Crippen LogP contribution in [0.1, 0.15) is 16.8 Å². The first-order valence-corrected chi connectivity index (χ1v) is 8.81. The highest BCUT2D eigenvalue weighted by Crippen LogP contribution is 2.30. The number of fused-ring (bicyclic) bond motifs is 1. The minimum atomic E-state index is -0.564. The molecule has 0 saturated heterocycles. The maximum absolute atomic E-state index is 12.4. The van der Waals surface area contributed by atoms with Crippen molar-refractivity contribution >= 4 is 23.2 Å². The zero-order chi connectivity index (χ0) is 21.0. The number of hydrogen-bond acceptors (Lipinski definition) is 6. The van der Waals surface area contributed by atoms with Gasteiger partial charge in [-0.2, -0.15) is 0 Å². The smallest absolute Gasteiger partial charge is 0.273 e. The number of methoxy groups -OCH3 is 2. The maximum Gasteiger partial charge on any atom is 0.273 e. The summed E-state index contributed by atoms with van der Waals surface area (Å²) in [5, 5.41) is 13.5. The van der Waals surface area contributed by atoms with Gasteiger partial charge in [-0.3, -0.25) is 19.7 Å². The van der Waals surface area contributed by atoms with Gasteiger partial charge in [-0.25, -0.2) is 4.99 Å². The summed E-state index contributed by atoms with van der Waals surface area (Å²) in [5.74, 6) is -0.0589. The Kier molecular flexibility index (Phi) is 5.87. The summed E-state index contributed by atoms with van der Waals surface area (Å²) in [4.78, 5) is 39.0. The third kappa shape index (κ3) is 4.23. The van der Waals surface area contributed by atoms with E-state index in [4.69, 9.17) is 9.47 Å². The van der Waals surface area contributed by atoms with E-state index in [0.717, 1.165) is 0 Å². The van der Waals surface area contributed by atoms with Crippen LogP contribution in [0, 0.1) is 16.0 Å². The number of allylic oxidation sites excluding steroid dienone is 4. The molecular weight excluding hydrogens is 378 g/mol. The van der Waals surface area contributed by atoms with Crippen molar-refractivity contribution in [1.82, 2.24) is 5.32 Å². The fourth-order valence-corrected chi connectivity index (χ4v) is 3.11. The monoisotopic (exact) mass is 397 g/mol. The topological polar surface area (TPSA) is 120 Å². The second kappa shape index (κ2) is 8.51. The first-order valence-electron chi connectivity index (χ1n) is 8.81. The normalized spacial score (nSPS) is 17.9. The fourth-order valence-electron chi connectivity index (χ4n) is 3.11. The third-order valence-corrected chi connectivity index (χ3v) is 4.57. The number of amides is 2. The quantitative estimate of drug-likeness (QED) is 0.557. The third-order valence-electron chi connectivity index (χ3n) is 4.57. The molecule has 2 amide bonds. The Bertz CT molecular complexity index is 990. The molecule has 0 bridgehead atoms. The molecule has 0 saturated carbocycles. The van der Waals surface area contributed by atoms with Crippen LogP contribution in [0.2, 0.25) is 0 Å². The minimum absolute atomic E-state index is 0.164. The first kappa shape index (κ1) is 20.0. The molecule has 1 heterocycles. The molecule has 1 aliphatic carbocycles. The number of carbonyl (C=O) groups excluding carboxylic acids is 2. The van der Waals surface area contributed by atoms with Crippen molar-refractivity contribution in [2.75, 3.05) is 20.8 Å². The number of ether oxygens (including phenoxy) is 2. The highest BCUT2D eigenvalue weighted by atomic mass is 16.6. The lowest BCUT2D eigenvalue weighted by Gasteiger charge is -2.26. The molecule has 0 radical (unpaired) electrons. The lowest BCUT2D eigenvalue weighted by molar-refractivity contribution is -0.384. The predicted octanol–water partition coefficient (Wildman–Crippen LogP) is 2.31. The Labute approximate surface area is 166 Å². The van der Waals surface area contributed by atoms with Crippen LogP contribution in [-0.2, 0) is 14.3 Å². The number of carbonyl (C=O) groups is 2. The zero-order valence-corrected chi connectivity index (χ0v) is 15.9. The molecule has 150 valence electrons. The van der Waals surface area contributed by atoms with Crippen LogP contribution < -0.4 is 5.32 Å². The van der Waals surface area contributed by atoms with E-state index in [0.29, 0.717) is 22.8 Å². The molecule has 1 atom stereocenters. The van der Waals surface area contributed by atoms with Gasteiger partial charge in [0.15, 0.2) is 0 Å². The highest BCUT2D eigenvalue weighted by molar-refractivity contribution is 6.15. The molecule has 1 aromatic carbocycles. The van der Waals surface area contributed by atoms with Crippen molar-refractivity contribution in [2.24, 2.45) is 10.9 Å². The summed E-state index contributed by atoms with van der Waals surface area (Å²) in [7, 11) is 3.04. The molecule has 1 aliphatic heterocycles. The van der Waals surface area contributed by atoms with E-state index in [1.807, 2.05) is 0 Å². The van der Waals surface area contributed by atoms with Gasteiger partial charge in [-0.15, -0.1) is 0 Å². The van der Waals surface area contributed by atoms with Crippen LogP contribution in [0.3, 0.4) is 0 Å². The summed E-state index contributed by atoms with van der Waals surface area (Å²) in [6, 6.07) is 5.44. The number of nitrogens with zero attached hydrogens (tertiary/aromatic N) is 2. The summed E-state index contributed by atoms with van der Waals surface area (Å²) in [5.41, 5.74) is 0.942. The van der Waals surface area contributed by atoms with Gasteiger partial charge in [0, 0.05) is 29.8 Å². The first-order chi connectivity index (χ1) is 13.9. The molecule has 9 nitrogen and oxygen atoms in total. The Balaban J connectivity index is 1.66. The van der Waals surface area contributed by atoms with Gasteiger partial charge in [0.1, 0.15) is 17.2 Å². The number of benzene rings is 1. The van der Waals surface area contributed by atoms with Crippen LogP contribution in [0.15, 0.2) is 64.6 Å². The van der Waals surface area contributed by atoms with Crippen molar-refractivity contribution in [3.63, 3.8) is 0 Å². The van der Waals surface area contributed by atoms with Gasteiger partial charge < -0.3 is 14.8 Å². The van der Waals surface area contributed by atoms with Crippen LogP contribution in [0.5, 0.6) is 0 Å². The Hall–Kier alpha value is -3.75. The van der Waals surface area contributed by atoms with Gasteiger partial charge >= 0.3 is 0 Å². The van der Waals surface area contributed by atoms with Gasteiger partial charge in [0.05, 0.1) is 25.1 Å². The van der Waals surface area contributed by atoms with Crippen LogP contribution in [0.4, 0.5) is 5.69 Å². The van der Waals surface area contributed by atoms with E-state index in [-0.39, 0.29) is 30.1 Å². The number of dihydropyridines is 1. The molecule has 29 heavy (non-hydrogen) atoms. The standard InChI is InChI=1S/C20H19N3O6/c1-28-16-6-7-17(29-2)18-15(16)11-13(20(25)22-18)8-9-21-19(24)12-4-3-5-14(10-12)23(26)27/h3-7,10-11,15H,8-9H2,1-2H3,(H,21,24). The van der Waals surface area contributed by atoms with Crippen LogP contribution >= 0.6 is 0 Å². The number of nitro groups is 1. The second-order valence-electron chi connectivity index (χ2n) is 6.29. The summed E-state index contributed by atoms with van der Waals surface area (Å²) < 4.78 is 10.6. The van der Waals surface area contributed by atoms with E-state index >= 15 is 0 Å². The molecule has 1 aromatic rings. The number of nitrogens with one attached hydrogen (secondary N) is 1. The van der Waals surface area contributed by atoms with Crippen LogP contribution in [-0.4, -0.2) is 43.2 Å². The highest BCUT2D eigenvalue weighted by Gasteiger charge is 2.32. The zero-order valence-electron chi connectivity index (χ0n) is 15.9. The summed E-state index contributed by atoms with van der Waals surface area (Å²) in [6.07, 6.45) is 5.47. The lowest BCUT2D eigenvalue weighted by Crippen LogP contribution is -2.30. The Morgan fingerprint density at radius 2 is 2.07 bits per heavy atom. The molecule has 1 unspecified atom stereocenters. The van der Waals surface area contributed by atoms with E-state index in [1.165, 1.54) is 38.5 Å². The molecule has 1 N–H and O–H groups in total. The van der Waals surface area contributed by atoms with Gasteiger partial charge in [-0.1, -0.05) is 12.1 Å². The summed E-state index contributed by atoms with van der Waals surface area (Å²) >= 11 is 0. The largest absolute Gasteiger partial charge is 0.500 e. The maximum atomic E-state index is 12.4. The van der Waals surface area contributed by atoms with Crippen molar-refractivity contribution in [2.45, 2.75) is 6.42 Å². The van der Waals surface area contributed by atoms with Crippen LogP contribution in [0.25, 0.3) is 0 Å². The molecule has 2 aliphatic rings. The fraction of sp³-hybridized carbons (Fsp3) is 0.250. The number of aliphatic imine (C=N–C) groups is 1.